The Kier molecular flexibility index (Phi) is 3.45. The minimum absolute atomic E-state index is 0.215. The molecule has 2 aliphatic heterocycles. The Balaban J connectivity index is 2.25. The molecule has 0 aromatic heterocycles. The molecule has 2 aliphatic rings. The lowest BCUT2D eigenvalue weighted by atomic mass is 9.44. The Labute approximate surface area is 147 Å². The van der Waals surface area contributed by atoms with Crippen molar-refractivity contribution >= 4 is 54.8 Å². The summed E-state index contributed by atoms with van der Waals surface area (Å²) in [6.45, 7) is 0. The molecule has 1 aromatic carbocycles. The molecule has 1 aromatic rings. The molecule has 8 radical (unpaired) electrons. The molecule has 1 fully saturated rings. The highest BCUT2D eigenvalue weighted by molar-refractivity contribution is 6.47. The summed E-state index contributed by atoms with van der Waals surface area (Å²) >= 11 is 0. The third-order valence-corrected chi connectivity index (χ3v) is 4.33. The van der Waals surface area contributed by atoms with Gasteiger partial charge in [0, 0.05) is 17.7 Å². The van der Waals surface area contributed by atoms with Gasteiger partial charge in [0.05, 0.1) is 31.4 Å². The van der Waals surface area contributed by atoms with Crippen LogP contribution in [0.2, 0.25) is 5.21 Å². The molecule has 0 bridgehead atoms. The fourth-order valence-corrected chi connectivity index (χ4v) is 3.23. The minimum Gasteiger partial charge on any atom is -0.398 e. The second-order valence-electron chi connectivity index (χ2n) is 6.15. The van der Waals surface area contributed by atoms with Gasteiger partial charge >= 0.3 is 0 Å². The number of carbonyl (C=O) groups excluding carboxylic acids is 3. The normalized spacial score (nSPS) is 27.1. The van der Waals surface area contributed by atoms with Crippen LogP contribution in [0.3, 0.4) is 0 Å². The van der Waals surface area contributed by atoms with E-state index in [9.17, 15) is 23.9 Å². The predicted octanol–water partition coefficient (Wildman–Crippen LogP) is -2.50. The van der Waals surface area contributed by atoms with Crippen molar-refractivity contribution in [1.82, 2.24) is 10.2 Å². The van der Waals surface area contributed by atoms with Crippen LogP contribution < -0.4 is 11.1 Å². The van der Waals surface area contributed by atoms with Crippen LogP contribution in [0.4, 0.5) is 10.1 Å². The Morgan fingerprint density at radius 2 is 1.80 bits per heavy atom. The van der Waals surface area contributed by atoms with Crippen LogP contribution in [0.25, 0.3) is 0 Å². The number of rotatable bonds is 1. The highest BCUT2D eigenvalue weighted by atomic mass is 19.1. The number of carbonyl (C=O) groups is 3. The summed E-state index contributed by atoms with van der Waals surface area (Å²) in [4.78, 5) is 36.9. The molecule has 118 valence electrons. The molecule has 0 saturated carbocycles. The fraction of sp³-hybridized carbons (Fsp3) is 0.308. The summed E-state index contributed by atoms with van der Waals surface area (Å²) in [5.41, 5.74) is 1.84. The molecule has 25 heavy (non-hydrogen) atoms. The average molecular weight is 332 g/mol. The molecule has 4 N–H and O–H groups in total. The van der Waals surface area contributed by atoms with E-state index in [1.165, 1.54) is 0 Å². The number of hydrogen-bond donors (Lipinski definition) is 3. The smallest absolute Gasteiger partial charge is 0.278 e. The largest absolute Gasteiger partial charge is 0.398 e. The highest BCUT2D eigenvalue weighted by Gasteiger charge is 2.64. The number of nitrogens with two attached hydrogens (primary N) is 1. The van der Waals surface area contributed by atoms with Gasteiger partial charge in [0.25, 0.3) is 11.8 Å². The highest BCUT2D eigenvalue weighted by Crippen LogP contribution is 2.50. The van der Waals surface area contributed by atoms with Crippen molar-refractivity contribution in [2.45, 2.75) is 22.7 Å². The van der Waals surface area contributed by atoms with Crippen molar-refractivity contribution in [2.75, 3.05) is 5.73 Å². The van der Waals surface area contributed by atoms with E-state index >= 15 is 0 Å². The summed E-state index contributed by atoms with van der Waals surface area (Å²) < 4.78 is 13.6. The zero-order valence-electron chi connectivity index (χ0n) is 12.7. The molecule has 0 unspecified atom stereocenters. The Bertz CT molecular complexity index is 847. The lowest BCUT2D eigenvalue weighted by Crippen LogP contribution is -2.74. The van der Waals surface area contributed by atoms with Gasteiger partial charge in [-0.3, -0.25) is 19.7 Å². The lowest BCUT2D eigenvalue weighted by Gasteiger charge is -2.54. The van der Waals surface area contributed by atoms with Crippen molar-refractivity contribution < 1.29 is 23.9 Å². The maximum atomic E-state index is 13.6. The SMILES string of the molecule is [B]C1([B])c2c(N)cc(F)cc2C(=O)N1[C@]1(O)C(=O)NC(=O)CC1([B])[B]. The molecule has 7 nitrogen and oxygen atoms in total. The molecule has 3 rings (SSSR count). The third kappa shape index (κ3) is 2.09. The zero-order valence-corrected chi connectivity index (χ0v) is 12.7. The quantitative estimate of drug-likeness (QED) is 0.299. The van der Waals surface area contributed by atoms with Gasteiger partial charge in [-0.05, 0) is 28.2 Å². The van der Waals surface area contributed by atoms with Crippen molar-refractivity contribution in [2.24, 2.45) is 0 Å². The van der Waals surface area contributed by atoms with Crippen molar-refractivity contribution in [3.8, 4) is 0 Å². The second kappa shape index (κ2) is 4.91. The molecule has 3 amide bonds. The standard InChI is InChI=1S/C13H8B4FN3O4/c14-11(15)3-7(22)20-10(24)12(11,25)21-9(23)5-1-4(18)2-6(19)8(5)13(21,16)17/h1-2,25H,3,19H2,(H,20,22,24)/t12-/m0/s1. The van der Waals surface area contributed by atoms with Crippen LogP contribution >= 0.6 is 0 Å². The first-order valence-corrected chi connectivity index (χ1v) is 7.00. The van der Waals surface area contributed by atoms with Crippen LogP contribution in [0.5, 0.6) is 0 Å². The van der Waals surface area contributed by atoms with Crippen molar-refractivity contribution in [1.29, 1.82) is 0 Å². The third-order valence-electron chi connectivity index (χ3n) is 4.33. The van der Waals surface area contributed by atoms with E-state index in [2.05, 4.69) is 0 Å². The van der Waals surface area contributed by atoms with Gasteiger partial charge in [-0.1, -0.05) is 0 Å². The second-order valence-corrected chi connectivity index (χ2v) is 6.15. The fourth-order valence-electron chi connectivity index (χ4n) is 3.23. The number of nitrogen functional groups attached to an aromatic ring is 1. The van der Waals surface area contributed by atoms with Crippen molar-refractivity contribution in [3.63, 3.8) is 0 Å². The summed E-state index contributed by atoms with van der Waals surface area (Å²) in [6.07, 6.45) is -0.713. The number of nitrogens with one attached hydrogen (secondary N) is 1. The van der Waals surface area contributed by atoms with Gasteiger partial charge in [0.2, 0.25) is 11.6 Å². The lowest BCUT2D eigenvalue weighted by molar-refractivity contribution is -0.173. The average Bonchev–Trinajstić information content (AvgIpc) is 2.62. The van der Waals surface area contributed by atoms with Crippen LogP contribution in [0.15, 0.2) is 12.1 Å². The molecule has 0 spiro atoms. The maximum Gasteiger partial charge on any atom is 0.278 e. The summed E-state index contributed by atoms with van der Waals surface area (Å²) in [7, 11) is 23.4. The zero-order chi connectivity index (χ0) is 18.9. The van der Waals surface area contributed by atoms with E-state index < -0.39 is 46.2 Å². The van der Waals surface area contributed by atoms with Crippen LogP contribution in [0.1, 0.15) is 22.3 Å². The first-order valence-electron chi connectivity index (χ1n) is 7.00. The summed E-state index contributed by atoms with van der Waals surface area (Å²) in [5, 5.41) is 7.97. The van der Waals surface area contributed by atoms with E-state index in [0.717, 1.165) is 12.1 Å². The topological polar surface area (TPSA) is 113 Å². The molecular weight excluding hydrogens is 324 g/mol. The predicted molar refractivity (Wildman–Crippen MR) is 87.1 cm³/mol. The van der Waals surface area contributed by atoms with Crippen LogP contribution in [-0.4, -0.2) is 64.8 Å². The van der Waals surface area contributed by atoms with E-state index in [4.69, 9.17) is 37.1 Å². The molecule has 0 aliphatic carbocycles. The Morgan fingerprint density at radius 1 is 1.20 bits per heavy atom. The Hall–Kier alpha value is -2.22. The van der Waals surface area contributed by atoms with Gasteiger partial charge in [-0.2, -0.15) is 0 Å². The minimum atomic E-state index is -3.00. The molecular formula is C13H8B4FN3O4. The first-order chi connectivity index (χ1) is 11.3. The van der Waals surface area contributed by atoms with Crippen LogP contribution in [-0.2, 0) is 14.9 Å². The first kappa shape index (κ1) is 17.6. The van der Waals surface area contributed by atoms with Gasteiger partial charge in [-0.15, -0.1) is 0 Å². The Morgan fingerprint density at radius 3 is 2.36 bits per heavy atom. The monoisotopic (exact) mass is 333 g/mol. The number of imide groups is 1. The van der Waals surface area contributed by atoms with Gasteiger partial charge < -0.3 is 15.7 Å². The van der Waals surface area contributed by atoms with E-state index in [1.54, 1.807) is 0 Å². The molecule has 12 heteroatoms. The van der Waals surface area contributed by atoms with Gasteiger partial charge in [-0.25, -0.2) is 4.39 Å². The molecule has 2 heterocycles. The van der Waals surface area contributed by atoms with E-state index in [0.29, 0.717) is 4.90 Å². The summed E-state index contributed by atoms with van der Waals surface area (Å²) in [6, 6.07) is 1.67. The molecule has 1 atom stereocenters. The van der Waals surface area contributed by atoms with E-state index in [1.807, 2.05) is 5.32 Å². The number of halogens is 1. The number of aliphatic hydroxyl groups is 1. The molecule has 1 saturated heterocycles. The number of fused-ring (bicyclic) bond motifs is 1. The van der Waals surface area contributed by atoms with E-state index in [-0.39, 0.29) is 16.8 Å². The number of benzene rings is 1. The maximum absolute atomic E-state index is 13.6. The van der Waals surface area contributed by atoms with Gasteiger partial charge in [0.15, 0.2) is 0 Å². The number of hydrogen-bond acceptors (Lipinski definition) is 5. The summed E-state index contributed by atoms with van der Waals surface area (Å²) in [5.74, 6) is -4.24. The van der Waals surface area contributed by atoms with Crippen LogP contribution in [0, 0.1) is 5.82 Å². The number of amides is 3. The number of nitrogens with zero attached hydrogens (tertiary/aromatic N) is 1. The number of piperidine rings is 1. The number of anilines is 1. The van der Waals surface area contributed by atoms with Gasteiger partial charge in [0.1, 0.15) is 5.82 Å². The van der Waals surface area contributed by atoms with Crippen molar-refractivity contribution in [3.05, 3.63) is 29.1 Å².